The molecule has 3 nitrogen and oxygen atoms in total. The topological polar surface area (TPSA) is 18.5 Å². The van der Waals surface area contributed by atoms with Gasteiger partial charge in [-0.15, -0.1) is 0 Å². The van der Waals surface area contributed by atoms with E-state index in [0.29, 0.717) is 0 Å². The third-order valence-electron chi connectivity index (χ3n) is 3.21. The van der Waals surface area contributed by atoms with Crippen LogP contribution in [0.3, 0.4) is 0 Å². The van der Waals surface area contributed by atoms with Crippen LogP contribution in [-0.2, 0) is 0 Å². The van der Waals surface area contributed by atoms with Gasteiger partial charge in [-0.3, -0.25) is 5.01 Å². The fourth-order valence-electron chi connectivity index (χ4n) is 2.15. The predicted octanol–water partition coefficient (Wildman–Crippen LogP) is 3.58. The van der Waals surface area contributed by atoms with E-state index < -0.39 is 0 Å². The molecule has 0 bridgehead atoms. The highest BCUT2D eigenvalue weighted by molar-refractivity contribution is 6.32. The molecule has 0 radical (unpaired) electrons. The first-order chi connectivity index (χ1) is 9.15. The molecular weight excluding hydrogens is 258 g/mol. The van der Waals surface area contributed by atoms with Gasteiger partial charge in [0.2, 0.25) is 0 Å². The van der Waals surface area contributed by atoms with Gasteiger partial charge in [-0.1, -0.05) is 23.7 Å². The van der Waals surface area contributed by atoms with Crippen LogP contribution >= 0.6 is 11.6 Å². The maximum atomic E-state index is 6.28. The highest BCUT2D eigenvalue weighted by atomic mass is 35.5. The molecule has 0 amide bonds. The van der Waals surface area contributed by atoms with Gasteiger partial charge in [-0.25, -0.2) is 0 Å². The lowest BCUT2D eigenvalue weighted by atomic mass is 10.2. The molecule has 0 saturated carbocycles. The number of likely N-dealkylation sites (N-methyl/N-ethyl adjacent to an activating group) is 1. The molecule has 19 heavy (non-hydrogen) atoms. The number of halogens is 1. The smallest absolute Gasteiger partial charge is 0.0831 e. The Kier molecular flexibility index (Phi) is 4.38. The van der Waals surface area contributed by atoms with Gasteiger partial charge in [0, 0.05) is 19.3 Å². The first-order valence-corrected chi connectivity index (χ1v) is 6.98. The maximum Gasteiger partial charge on any atom is 0.0831 e. The van der Waals surface area contributed by atoms with Gasteiger partial charge >= 0.3 is 0 Å². The van der Waals surface area contributed by atoms with Crippen molar-refractivity contribution in [2.75, 3.05) is 18.1 Å². The van der Waals surface area contributed by atoms with Gasteiger partial charge in [-0.05, 0) is 38.5 Å². The van der Waals surface area contributed by atoms with Crippen LogP contribution in [0.4, 0.5) is 5.69 Å². The zero-order valence-corrected chi connectivity index (χ0v) is 12.4. The number of hydrogen-bond acceptors (Lipinski definition) is 3. The number of benzene rings is 1. The molecule has 0 saturated heterocycles. The van der Waals surface area contributed by atoms with E-state index in [1.54, 1.807) is 0 Å². The summed E-state index contributed by atoms with van der Waals surface area (Å²) in [5.74, 6) is 0. The summed E-state index contributed by atoms with van der Waals surface area (Å²) in [6, 6.07) is 8.35. The fourth-order valence-corrected chi connectivity index (χ4v) is 2.36. The van der Waals surface area contributed by atoms with Crippen molar-refractivity contribution in [2.24, 2.45) is 0 Å². The Labute approximate surface area is 120 Å². The van der Waals surface area contributed by atoms with Crippen LogP contribution in [0, 0.1) is 6.92 Å². The summed E-state index contributed by atoms with van der Waals surface area (Å²) in [4.78, 5) is 2.24. The largest absolute Gasteiger partial charge is 0.370 e. The molecule has 4 heteroatoms. The molecule has 1 aromatic carbocycles. The first-order valence-electron chi connectivity index (χ1n) is 6.60. The van der Waals surface area contributed by atoms with E-state index in [9.17, 15) is 0 Å². The highest BCUT2D eigenvalue weighted by Crippen LogP contribution is 2.25. The number of aryl methyl sites for hydroxylation is 1. The Morgan fingerprint density at radius 3 is 2.63 bits per heavy atom. The molecule has 0 aromatic heterocycles. The van der Waals surface area contributed by atoms with E-state index in [1.165, 1.54) is 5.56 Å². The Balaban J connectivity index is 2.30. The minimum absolute atomic E-state index is 0.743. The minimum atomic E-state index is 0.743. The SMILES string of the molecule is CCN(CC)C1=CN(c2cccc(C)c2)NC=C1Cl. The first kappa shape index (κ1) is 13.8. The Morgan fingerprint density at radius 2 is 2.00 bits per heavy atom. The molecule has 0 fully saturated rings. The Bertz CT molecular complexity index is 504. The summed E-state index contributed by atoms with van der Waals surface area (Å²) >= 11 is 6.28. The average molecular weight is 278 g/mol. The summed E-state index contributed by atoms with van der Waals surface area (Å²) in [7, 11) is 0. The highest BCUT2D eigenvalue weighted by Gasteiger charge is 2.16. The molecular formula is C15H20ClN3. The van der Waals surface area contributed by atoms with Crippen LogP contribution in [0.1, 0.15) is 19.4 Å². The molecule has 102 valence electrons. The number of nitrogens with zero attached hydrogens (tertiary/aromatic N) is 2. The maximum absolute atomic E-state index is 6.28. The van der Waals surface area contributed by atoms with Crippen molar-refractivity contribution in [2.45, 2.75) is 20.8 Å². The van der Waals surface area contributed by atoms with Gasteiger partial charge in [0.05, 0.1) is 22.6 Å². The molecule has 0 unspecified atom stereocenters. The lowest BCUT2D eigenvalue weighted by molar-refractivity contribution is 0.388. The van der Waals surface area contributed by atoms with E-state index in [2.05, 4.69) is 55.4 Å². The second kappa shape index (κ2) is 6.02. The molecule has 0 spiro atoms. The second-order valence-electron chi connectivity index (χ2n) is 4.52. The summed E-state index contributed by atoms with van der Waals surface area (Å²) in [6.07, 6.45) is 3.88. The van der Waals surface area contributed by atoms with Crippen LogP contribution in [-0.4, -0.2) is 18.0 Å². The molecule has 0 atom stereocenters. The number of rotatable bonds is 4. The van der Waals surface area contributed by atoms with Gasteiger partial charge in [0.15, 0.2) is 0 Å². The number of nitrogens with one attached hydrogen (secondary N) is 1. The normalized spacial score (nSPS) is 14.6. The van der Waals surface area contributed by atoms with Crippen molar-refractivity contribution in [1.82, 2.24) is 10.3 Å². The molecule has 1 heterocycles. The Hall–Kier alpha value is -1.61. The molecule has 1 aliphatic heterocycles. The third kappa shape index (κ3) is 3.04. The third-order valence-corrected chi connectivity index (χ3v) is 3.51. The number of anilines is 1. The monoisotopic (exact) mass is 277 g/mol. The van der Waals surface area contributed by atoms with Crippen LogP contribution in [0.2, 0.25) is 0 Å². The summed E-state index contributed by atoms with van der Waals surface area (Å²) < 4.78 is 0. The Morgan fingerprint density at radius 1 is 1.26 bits per heavy atom. The van der Waals surface area contributed by atoms with Crippen LogP contribution in [0.5, 0.6) is 0 Å². The molecule has 1 aromatic rings. The average Bonchev–Trinajstić information content (AvgIpc) is 2.42. The number of hydrogen-bond donors (Lipinski definition) is 1. The van der Waals surface area contributed by atoms with E-state index in [1.807, 2.05) is 17.4 Å². The van der Waals surface area contributed by atoms with Crippen LogP contribution in [0.15, 0.2) is 47.4 Å². The van der Waals surface area contributed by atoms with E-state index >= 15 is 0 Å². The fraction of sp³-hybridized carbons (Fsp3) is 0.333. The van der Waals surface area contributed by atoms with Crippen molar-refractivity contribution in [1.29, 1.82) is 0 Å². The van der Waals surface area contributed by atoms with Gasteiger partial charge in [0.1, 0.15) is 0 Å². The van der Waals surface area contributed by atoms with Crippen molar-refractivity contribution < 1.29 is 0 Å². The molecule has 1 aliphatic rings. The lowest BCUT2D eigenvalue weighted by Gasteiger charge is -2.31. The standard InChI is InChI=1S/C15H20ClN3/c1-4-18(5-2)15-11-19(17-10-14(15)16)13-8-6-7-12(3)9-13/h6-11,17H,4-5H2,1-3H3. The van der Waals surface area contributed by atoms with Crippen molar-refractivity contribution in [3.05, 3.63) is 53.0 Å². The number of allylic oxidation sites excluding steroid dienone is 1. The molecule has 0 aliphatic carbocycles. The zero-order valence-electron chi connectivity index (χ0n) is 11.7. The van der Waals surface area contributed by atoms with Gasteiger partial charge in [-0.2, -0.15) is 0 Å². The van der Waals surface area contributed by atoms with Gasteiger partial charge in [0.25, 0.3) is 0 Å². The van der Waals surface area contributed by atoms with E-state index in [-0.39, 0.29) is 0 Å². The van der Waals surface area contributed by atoms with Crippen molar-refractivity contribution in [3.63, 3.8) is 0 Å². The van der Waals surface area contributed by atoms with Crippen molar-refractivity contribution in [3.8, 4) is 0 Å². The van der Waals surface area contributed by atoms with Crippen molar-refractivity contribution >= 4 is 17.3 Å². The predicted molar refractivity (Wildman–Crippen MR) is 81.7 cm³/mol. The molecule has 2 rings (SSSR count). The van der Waals surface area contributed by atoms with E-state index in [4.69, 9.17) is 11.6 Å². The van der Waals surface area contributed by atoms with E-state index in [0.717, 1.165) is 29.5 Å². The summed E-state index contributed by atoms with van der Waals surface area (Å²) in [5, 5.41) is 2.74. The quantitative estimate of drug-likeness (QED) is 0.907. The molecule has 1 N–H and O–H groups in total. The minimum Gasteiger partial charge on any atom is -0.370 e. The lowest BCUT2D eigenvalue weighted by Crippen LogP contribution is -2.36. The van der Waals surface area contributed by atoms with Crippen LogP contribution < -0.4 is 10.4 Å². The van der Waals surface area contributed by atoms with Crippen LogP contribution in [0.25, 0.3) is 0 Å². The summed E-state index contributed by atoms with van der Waals surface area (Å²) in [6.45, 7) is 8.23. The second-order valence-corrected chi connectivity index (χ2v) is 4.92. The van der Waals surface area contributed by atoms with Gasteiger partial charge < -0.3 is 10.3 Å². The number of hydrazine groups is 1. The summed E-state index contributed by atoms with van der Waals surface area (Å²) in [5.41, 5.74) is 6.57. The zero-order chi connectivity index (χ0) is 13.8.